The fraction of sp³-hybridized carbons (Fsp3) is 0.263. The first-order chi connectivity index (χ1) is 11.6. The molecule has 3 rings (SSSR count). The Morgan fingerprint density at radius 3 is 2.46 bits per heavy atom. The van der Waals surface area contributed by atoms with Gasteiger partial charge in [-0.25, -0.2) is 0 Å². The van der Waals surface area contributed by atoms with Crippen molar-refractivity contribution < 1.29 is 9.59 Å². The number of anilines is 2. The molecule has 0 aromatic heterocycles. The minimum atomic E-state index is -0.348. The number of carbonyl (C=O) groups excluding carboxylic acids is 2. The van der Waals surface area contributed by atoms with Gasteiger partial charge in [0.05, 0.1) is 5.92 Å². The third-order valence-corrected chi connectivity index (χ3v) is 4.52. The number of hydrogen-bond acceptors (Lipinski definition) is 2. The van der Waals surface area contributed by atoms with Gasteiger partial charge in [-0.3, -0.25) is 9.59 Å². The van der Waals surface area contributed by atoms with Crippen LogP contribution in [-0.4, -0.2) is 18.4 Å². The molecule has 0 aliphatic carbocycles. The van der Waals surface area contributed by atoms with E-state index >= 15 is 0 Å². The van der Waals surface area contributed by atoms with Crippen LogP contribution in [0.2, 0.25) is 5.02 Å². The number of hydrogen-bond donors (Lipinski definition) is 1. The summed E-state index contributed by atoms with van der Waals surface area (Å²) in [6.07, 6.45) is 1.18. The first kappa shape index (κ1) is 16.5. The van der Waals surface area contributed by atoms with E-state index in [0.717, 1.165) is 17.8 Å². The molecule has 0 bridgehead atoms. The smallest absolute Gasteiger partial charge is 0.229 e. The van der Waals surface area contributed by atoms with Gasteiger partial charge >= 0.3 is 0 Å². The highest BCUT2D eigenvalue weighted by Crippen LogP contribution is 2.27. The monoisotopic (exact) mass is 342 g/mol. The van der Waals surface area contributed by atoms with Crippen LogP contribution in [0.4, 0.5) is 11.4 Å². The maximum absolute atomic E-state index is 12.4. The molecule has 124 valence electrons. The number of rotatable bonds is 4. The van der Waals surface area contributed by atoms with Crippen LogP contribution < -0.4 is 10.2 Å². The molecule has 5 heteroatoms. The molecule has 2 aromatic carbocycles. The van der Waals surface area contributed by atoms with Gasteiger partial charge in [-0.15, -0.1) is 0 Å². The van der Waals surface area contributed by atoms with Gasteiger partial charge in [-0.2, -0.15) is 0 Å². The largest absolute Gasteiger partial charge is 0.326 e. The van der Waals surface area contributed by atoms with E-state index in [4.69, 9.17) is 11.6 Å². The second kappa shape index (κ2) is 7.05. The lowest BCUT2D eigenvalue weighted by molar-refractivity contribution is -0.122. The minimum Gasteiger partial charge on any atom is -0.326 e. The van der Waals surface area contributed by atoms with E-state index in [2.05, 4.69) is 12.2 Å². The van der Waals surface area contributed by atoms with Crippen molar-refractivity contribution >= 4 is 34.8 Å². The van der Waals surface area contributed by atoms with Crippen molar-refractivity contribution in [3.8, 4) is 0 Å². The van der Waals surface area contributed by atoms with Crippen LogP contribution in [-0.2, 0) is 16.0 Å². The van der Waals surface area contributed by atoms with Gasteiger partial charge in [-0.05, 0) is 48.4 Å². The molecule has 0 radical (unpaired) electrons. The second-order valence-electron chi connectivity index (χ2n) is 5.92. The summed E-state index contributed by atoms with van der Waals surface area (Å²) in [7, 11) is 0. The van der Waals surface area contributed by atoms with Crippen LogP contribution >= 0.6 is 11.6 Å². The molecule has 0 unspecified atom stereocenters. The molecule has 1 heterocycles. The third kappa shape index (κ3) is 3.60. The highest BCUT2D eigenvalue weighted by atomic mass is 35.5. The number of nitrogens with one attached hydrogen (secondary N) is 1. The lowest BCUT2D eigenvalue weighted by Gasteiger charge is -2.16. The summed E-state index contributed by atoms with van der Waals surface area (Å²) in [4.78, 5) is 26.3. The topological polar surface area (TPSA) is 49.4 Å². The molecule has 0 saturated carbocycles. The predicted molar refractivity (Wildman–Crippen MR) is 96.4 cm³/mol. The van der Waals surface area contributed by atoms with Gasteiger partial charge in [0.2, 0.25) is 11.8 Å². The normalized spacial score (nSPS) is 17.2. The Morgan fingerprint density at radius 2 is 1.83 bits per heavy atom. The summed E-state index contributed by atoms with van der Waals surface area (Å²) in [5.74, 6) is -0.512. The van der Waals surface area contributed by atoms with Crippen molar-refractivity contribution in [2.45, 2.75) is 19.8 Å². The zero-order valence-corrected chi connectivity index (χ0v) is 14.2. The maximum atomic E-state index is 12.4. The van der Waals surface area contributed by atoms with Crippen LogP contribution in [0.1, 0.15) is 18.9 Å². The van der Waals surface area contributed by atoms with Crippen molar-refractivity contribution in [1.29, 1.82) is 0 Å². The molecule has 1 N–H and O–H groups in total. The molecule has 4 nitrogen and oxygen atoms in total. The van der Waals surface area contributed by atoms with E-state index in [1.165, 1.54) is 5.56 Å². The first-order valence-electron chi connectivity index (χ1n) is 8.02. The van der Waals surface area contributed by atoms with Crippen molar-refractivity contribution in [2.75, 3.05) is 16.8 Å². The highest BCUT2D eigenvalue weighted by Gasteiger charge is 2.35. The van der Waals surface area contributed by atoms with E-state index in [0.29, 0.717) is 11.6 Å². The summed E-state index contributed by atoms with van der Waals surface area (Å²) < 4.78 is 0. The van der Waals surface area contributed by atoms with E-state index in [1.54, 1.807) is 29.2 Å². The molecule has 1 fully saturated rings. The quantitative estimate of drug-likeness (QED) is 0.916. The number of nitrogens with zero attached hydrogens (tertiary/aromatic N) is 1. The van der Waals surface area contributed by atoms with Crippen LogP contribution in [0.3, 0.4) is 0 Å². The van der Waals surface area contributed by atoms with Crippen molar-refractivity contribution in [3.05, 3.63) is 59.1 Å². The zero-order chi connectivity index (χ0) is 17.1. The van der Waals surface area contributed by atoms with Gasteiger partial charge in [0.1, 0.15) is 0 Å². The number of amides is 2. The van der Waals surface area contributed by atoms with Gasteiger partial charge in [0.15, 0.2) is 0 Å². The van der Waals surface area contributed by atoms with Crippen LogP contribution in [0, 0.1) is 5.92 Å². The van der Waals surface area contributed by atoms with Gasteiger partial charge in [0, 0.05) is 29.4 Å². The van der Waals surface area contributed by atoms with Gasteiger partial charge < -0.3 is 10.2 Å². The molecule has 1 aliphatic heterocycles. The van der Waals surface area contributed by atoms with Crippen LogP contribution in [0.15, 0.2) is 48.5 Å². The fourth-order valence-electron chi connectivity index (χ4n) is 2.82. The van der Waals surface area contributed by atoms with Crippen LogP contribution in [0.25, 0.3) is 0 Å². The molecule has 2 amide bonds. The first-order valence-corrected chi connectivity index (χ1v) is 8.40. The molecule has 1 aliphatic rings. The lowest BCUT2D eigenvalue weighted by atomic mass is 10.1. The van der Waals surface area contributed by atoms with E-state index < -0.39 is 0 Å². The van der Waals surface area contributed by atoms with Crippen molar-refractivity contribution in [3.63, 3.8) is 0 Å². The number of aryl methyl sites for hydroxylation is 1. The molecular formula is C19H19ClN2O2. The van der Waals surface area contributed by atoms with Crippen molar-refractivity contribution in [1.82, 2.24) is 0 Å². The Morgan fingerprint density at radius 1 is 1.17 bits per heavy atom. The Bertz CT molecular complexity index is 741. The van der Waals surface area contributed by atoms with Crippen molar-refractivity contribution in [2.24, 2.45) is 5.92 Å². The number of benzene rings is 2. The number of carbonyl (C=O) groups is 2. The number of halogens is 1. The fourth-order valence-corrected chi connectivity index (χ4v) is 2.95. The average Bonchev–Trinajstić information content (AvgIpc) is 2.98. The van der Waals surface area contributed by atoms with E-state index in [-0.39, 0.29) is 24.2 Å². The summed E-state index contributed by atoms with van der Waals surface area (Å²) in [6, 6.07) is 14.9. The third-order valence-electron chi connectivity index (χ3n) is 4.26. The molecule has 1 saturated heterocycles. The van der Waals surface area contributed by atoms with E-state index in [9.17, 15) is 9.59 Å². The SMILES string of the molecule is CCc1ccc(NC(=O)[C@@H]2CC(=O)N(c3ccc(Cl)cc3)C2)cc1. The molecule has 24 heavy (non-hydrogen) atoms. The maximum Gasteiger partial charge on any atom is 0.229 e. The lowest BCUT2D eigenvalue weighted by Crippen LogP contribution is -2.28. The standard InChI is InChI=1S/C19H19ClN2O2/c1-2-13-3-7-16(8-4-13)21-19(24)14-11-18(23)22(12-14)17-9-5-15(20)6-10-17/h3-10,14H,2,11-12H2,1H3,(H,21,24)/t14-/m1/s1. The van der Waals surface area contributed by atoms with Gasteiger partial charge in [0.25, 0.3) is 0 Å². The molecule has 1 atom stereocenters. The summed E-state index contributed by atoms with van der Waals surface area (Å²) in [5.41, 5.74) is 2.75. The molecule has 0 spiro atoms. The highest BCUT2D eigenvalue weighted by molar-refractivity contribution is 6.30. The Kier molecular flexibility index (Phi) is 4.86. The Balaban J connectivity index is 1.66. The Hall–Kier alpha value is -2.33. The Labute approximate surface area is 146 Å². The predicted octanol–water partition coefficient (Wildman–Crippen LogP) is 3.89. The van der Waals surface area contributed by atoms with Crippen LogP contribution in [0.5, 0.6) is 0 Å². The average molecular weight is 343 g/mol. The zero-order valence-electron chi connectivity index (χ0n) is 13.5. The summed E-state index contributed by atoms with van der Waals surface area (Å²) in [6.45, 7) is 2.47. The summed E-state index contributed by atoms with van der Waals surface area (Å²) in [5, 5.41) is 3.52. The second-order valence-corrected chi connectivity index (χ2v) is 6.36. The molecule has 2 aromatic rings. The minimum absolute atomic E-state index is 0.0428. The molecular weight excluding hydrogens is 324 g/mol. The summed E-state index contributed by atoms with van der Waals surface area (Å²) >= 11 is 5.88. The van der Waals surface area contributed by atoms with E-state index in [1.807, 2.05) is 24.3 Å². The van der Waals surface area contributed by atoms with Gasteiger partial charge in [-0.1, -0.05) is 30.7 Å².